The molecule has 0 aromatic heterocycles. The van der Waals surface area contributed by atoms with Crippen LogP contribution in [-0.4, -0.2) is 13.2 Å². The summed E-state index contributed by atoms with van der Waals surface area (Å²) >= 11 is 0. The molecule has 1 saturated heterocycles. The third-order valence-electron chi connectivity index (χ3n) is 3.28. The van der Waals surface area contributed by atoms with Gasteiger partial charge in [-0.3, -0.25) is 0 Å². The molecular formula is C14H22O. The zero-order valence-electron chi connectivity index (χ0n) is 9.70. The van der Waals surface area contributed by atoms with E-state index in [1.54, 1.807) is 5.56 Å². The van der Waals surface area contributed by atoms with Gasteiger partial charge in [0.25, 0.3) is 0 Å². The zero-order valence-corrected chi connectivity index (χ0v) is 9.70. The molecule has 1 aliphatic rings. The molecule has 1 fully saturated rings. The van der Waals surface area contributed by atoms with E-state index in [4.69, 9.17) is 4.74 Å². The van der Waals surface area contributed by atoms with Gasteiger partial charge < -0.3 is 4.74 Å². The number of ether oxygens (including phenoxy) is 1. The Kier molecular flexibility index (Phi) is 3.42. The molecule has 1 heteroatoms. The number of hydrogen-bond acceptors (Lipinski definition) is 1. The minimum absolute atomic E-state index is 0. The second kappa shape index (κ2) is 4.80. The van der Waals surface area contributed by atoms with E-state index in [1.807, 2.05) is 0 Å². The van der Waals surface area contributed by atoms with Crippen LogP contribution in [0.15, 0.2) is 24.3 Å². The standard InChI is InChI=1S/C14H20O.H2/c1-11(2)13-5-3-4-6-14(13)12-7-9-15-10-8-12;/h3-6,11-12H,7-10H2,1-2H3;1H. The Morgan fingerprint density at radius 2 is 1.87 bits per heavy atom. The third kappa shape index (κ3) is 2.40. The maximum atomic E-state index is 5.42. The topological polar surface area (TPSA) is 9.23 Å². The predicted octanol–water partition coefficient (Wildman–Crippen LogP) is 3.95. The van der Waals surface area contributed by atoms with Crippen LogP contribution in [0.5, 0.6) is 0 Å². The quantitative estimate of drug-likeness (QED) is 0.712. The van der Waals surface area contributed by atoms with Gasteiger partial charge in [0.1, 0.15) is 0 Å². The van der Waals surface area contributed by atoms with Crippen LogP contribution in [0.25, 0.3) is 0 Å². The van der Waals surface area contributed by atoms with E-state index in [0.29, 0.717) is 5.92 Å². The summed E-state index contributed by atoms with van der Waals surface area (Å²) in [5, 5.41) is 0. The highest BCUT2D eigenvalue weighted by atomic mass is 16.5. The lowest BCUT2D eigenvalue weighted by Gasteiger charge is -2.25. The van der Waals surface area contributed by atoms with Gasteiger partial charge >= 0.3 is 0 Å². The summed E-state index contributed by atoms with van der Waals surface area (Å²) in [4.78, 5) is 0. The van der Waals surface area contributed by atoms with E-state index in [2.05, 4.69) is 38.1 Å². The normalized spacial score (nSPS) is 18.3. The van der Waals surface area contributed by atoms with E-state index in [0.717, 1.165) is 19.1 Å². The molecule has 0 atom stereocenters. The van der Waals surface area contributed by atoms with Gasteiger partial charge in [-0.2, -0.15) is 0 Å². The molecule has 0 radical (unpaired) electrons. The van der Waals surface area contributed by atoms with Crippen molar-refractivity contribution in [3.63, 3.8) is 0 Å². The summed E-state index contributed by atoms with van der Waals surface area (Å²) in [7, 11) is 0. The minimum atomic E-state index is 0. The smallest absolute Gasteiger partial charge is 0.0471 e. The molecule has 1 aliphatic heterocycles. The molecule has 0 N–H and O–H groups in total. The second-order valence-corrected chi connectivity index (χ2v) is 4.67. The van der Waals surface area contributed by atoms with Crippen molar-refractivity contribution in [1.29, 1.82) is 0 Å². The average Bonchev–Trinajstić information content (AvgIpc) is 2.30. The van der Waals surface area contributed by atoms with Crippen LogP contribution in [0, 0.1) is 0 Å². The Morgan fingerprint density at radius 3 is 2.53 bits per heavy atom. The summed E-state index contributed by atoms with van der Waals surface area (Å²) in [5.74, 6) is 1.35. The minimum Gasteiger partial charge on any atom is -0.381 e. The van der Waals surface area contributed by atoms with Crippen molar-refractivity contribution in [1.82, 2.24) is 0 Å². The van der Waals surface area contributed by atoms with Crippen LogP contribution in [-0.2, 0) is 4.74 Å². The zero-order chi connectivity index (χ0) is 10.7. The van der Waals surface area contributed by atoms with Crippen molar-refractivity contribution < 1.29 is 6.16 Å². The highest BCUT2D eigenvalue weighted by Gasteiger charge is 2.19. The summed E-state index contributed by atoms with van der Waals surface area (Å²) in [6.45, 7) is 6.41. The van der Waals surface area contributed by atoms with Gasteiger partial charge in [0, 0.05) is 14.6 Å². The Balaban J connectivity index is 0.00000128. The lowest BCUT2D eigenvalue weighted by Crippen LogP contribution is -2.15. The Bertz CT molecular complexity index is 316. The van der Waals surface area contributed by atoms with E-state index < -0.39 is 0 Å². The van der Waals surface area contributed by atoms with E-state index in [9.17, 15) is 0 Å². The first-order valence-electron chi connectivity index (χ1n) is 5.95. The highest BCUT2D eigenvalue weighted by Crippen LogP contribution is 2.32. The highest BCUT2D eigenvalue weighted by molar-refractivity contribution is 5.32. The van der Waals surface area contributed by atoms with E-state index in [1.165, 1.54) is 18.4 Å². The second-order valence-electron chi connectivity index (χ2n) is 4.67. The molecule has 15 heavy (non-hydrogen) atoms. The molecule has 0 aliphatic carbocycles. The van der Waals surface area contributed by atoms with Crippen LogP contribution in [0.1, 0.15) is 51.1 Å². The van der Waals surface area contributed by atoms with Crippen LogP contribution >= 0.6 is 0 Å². The fourth-order valence-corrected chi connectivity index (χ4v) is 2.42. The van der Waals surface area contributed by atoms with Gasteiger partial charge in [-0.25, -0.2) is 0 Å². The molecule has 0 bridgehead atoms. The monoisotopic (exact) mass is 206 g/mol. The Labute approximate surface area is 93.9 Å². The molecule has 0 spiro atoms. The number of rotatable bonds is 2. The first kappa shape index (κ1) is 10.7. The largest absolute Gasteiger partial charge is 0.381 e. The fraction of sp³-hybridized carbons (Fsp3) is 0.571. The fourth-order valence-electron chi connectivity index (χ4n) is 2.42. The average molecular weight is 206 g/mol. The van der Waals surface area contributed by atoms with Crippen molar-refractivity contribution >= 4 is 0 Å². The molecule has 0 unspecified atom stereocenters. The molecule has 1 nitrogen and oxygen atoms in total. The third-order valence-corrected chi connectivity index (χ3v) is 3.28. The molecule has 2 rings (SSSR count). The van der Waals surface area contributed by atoms with Crippen molar-refractivity contribution in [2.24, 2.45) is 0 Å². The van der Waals surface area contributed by atoms with Crippen LogP contribution in [0.4, 0.5) is 0 Å². The van der Waals surface area contributed by atoms with Crippen LogP contribution < -0.4 is 0 Å². The SMILES string of the molecule is CC(C)c1ccccc1C1CCOCC1.[HH]. The van der Waals surface area contributed by atoms with Crippen LogP contribution in [0.3, 0.4) is 0 Å². The predicted molar refractivity (Wildman–Crippen MR) is 65.4 cm³/mol. The van der Waals surface area contributed by atoms with Gasteiger partial charge in [0.2, 0.25) is 0 Å². The number of benzene rings is 1. The number of hydrogen-bond donors (Lipinski definition) is 0. The van der Waals surface area contributed by atoms with Gasteiger partial charge in [0.15, 0.2) is 0 Å². The summed E-state index contributed by atoms with van der Waals surface area (Å²) < 4.78 is 5.42. The molecule has 1 aromatic carbocycles. The van der Waals surface area contributed by atoms with Gasteiger partial charge in [-0.05, 0) is 35.8 Å². The molecule has 1 aromatic rings. The van der Waals surface area contributed by atoms with Crippen LogP contribution in [0.2, 0.25) is 0 Å². The maximum Gasteiger partial charge on any atom is 0.0471 e. The summed E-state index contributed by atoms with van der Waals surface area (Å²) in [6, 6.07) is 8.88. The van der Waals surface area contributed by atoms with Gasteiger partial charge in [-0.1, -0.05) is 38.1 Å². The first-order valence-corrected chi connectivity index (χ1v) is 5.95. The molecular weight excluding hydrogens is 184 g/mol. The van der Waals surface area contributed by atoms with E-state index >= 15 is 0 Å². The molecule has 84 valence electrons. The lowest BCUT2D eigenvalue weighted by molar-refractivity contribution is 0.0851. The molecule has 0 amide bonds. The van der Waals surface area contributed by atoms with E-state index in [-0.39, 0.29) is 1.43 Å². The summed E-state index contributed by atoms with van der Waals surface area (Å²) in [6.07, 6.45) is 2.37. The van der Waals surface area contributed by atoms with Gasteiger partial charge in [-0.15, -0.1) is 0 Å². The van der Waals surface area contributed by atoms with Crippen molar-refractivity contribution in [3.8, 4) is 0 Å². The molecule has 1 heterocycles. The van der Waals surface area contributed by atoms with Crippen molar-refractivity contribution in [3.05, 3.63) is 35.4 Å². The summed E-state index contributed by atoms with van der Waals surface area (Å²) in [5.41, 5.74) is 3.07. The Morgan fingerprint density at radius 1 is 1.20 bits per heavy atom. The lowest BCUT2D eigenvalue weighted by atomic mass is 9.85. The van der Waals surface area contributed by atoms with Crippen molar-refractivity contribution in [2.45, 2.75) is 38.5 Å². The van der Waals surface area contributed by atoms with Crippen molar-refractivity contribution in [2.75, 3.05) is 13.2 Å². The molecule has 0 saturated carbocycles. The Hall–Kier alpha value is -0.820. The van der Waals surface area contributed by atoms with Gasteiger partial charge in [0.05, 0.1) is 0 Å². The maximum absolute atomic E-state index is 5.42. The first-order chi connectivity index (χ1) is 7.29.